The number of rotatable bonds is 3. The van der Waals surface area contributed by atoms with Crippen molar-refractivity contribution >= 4 is 5.82 Å². The van der Waals surface area contributed by atoms with E-state index in [9.17, 15) is 13.9 Å². The molecule has 0 bridgehead atoms. The van der Waals surface area contributed by atoms with E-state index in [-0.39, 0.29) is 5.56 Å². The average Bonchev–Trinajstić information content (AvgIpc) is 2.82. The molecule has 116 valence electrons. The van der Waals surface area contributed by atoms with Gasteiger partial charge in [0.15, 0.2) is 0 Å². The third-order valence-electron chi connectivity index (χ3n) is 3.77. The third-order valence-corrected chi connectivity index (χ3v) is 3.77. The normalized spacial score (nSPS) is 22.1. The Balaban J connectivity index is 1.87. The van der Waals surface area contributed by atoms with Gasteiger partial charge in [0.25, 0.3) is 0 Å². The predicted molar refractivity (Wildman–Crippen MR) is 76.6 cm³/mol. The number of anilines is 1. The smallest absolute Gasteiger partial charge is 0.144 e. The minimum atomic E-state index is -0.603. The zero-order chi connectivity index (χ0) is 15.7. The Morgan fingerprint density at radius 2 is 2.14 bits per heavy atom. The molecule has 1 aliphatic rings. The monoisotopic (exact) mass is 306 g/mol. The highest BCUT2D eigenvalue weighted by Gasteiger charge is 2.34. The van der Waals surface area contributed by atoms with Crippen molar-refractivity contribution in [3.63, 3.8) is 0 Å². The van der Waals surface area contributed by atoms with Gasteiger partial charge in [-0.2, -0.15) is 0 Å². The molecule has 0 amide bonds. The van der Waals surface area contributed by atoms with E-state index in [0.29, 0.717) is 31.2 Å². The van der Waals surface area contributed by atoms with E-state index in [0.717, 1.165) is 12.1 Å². The van der Waals surface area contributed by atoms with Gasteiger partial charge in [0.1, 0.15) is 23.3 Å². The van der Waals surface area contributed by atoms with Crippen LogP contribution in [0.15, 0.2) is 30.5 Å². The number of nitrogens with two attached hydrogens (primary N) is 1. The second-order valence-electron chi connectivity index (χ2n) is 5.40. The predicted octanol–water partition coefficient (Wildman–Crippen LogP) is 1.64. The Kier molecular flexibility index (Phi) is 4.00. The topological polar surface area (TPSA) is 75.3 Å². The van der Waals surface area contributed by atoms with E-state index in [1.54, 1.807) is 12.3 Å². The van der Waals surface area contributed by atoms with Crippen molar-refractivity contribution in [3.8, 4) is 0 Å². The number of benzene rings is 1. The molecule has 7 heteroatoms. The van der Waals surface area contributed by atoms with Gasteiger partial charge in [0.05, 0.1) is 12.6 Å². The number of likely N-dealkylation sites (tertiary alicyclic amines) is 1. The summed E-state index contributed by atoms with van der Waals surface area (Å²) >= 11 is 0. The Hall–Kier alpha value is -2.12. The van der Waals surface area contributed by atoms with Crippen LogP contribution in [0.4, 0.5) is 14.6 Å². The molecule has 22 heavy (non-hydrogen) atoms. The molecular weight excluding hydrogens is 290 g/mol. The molecule has 5 nitrogen and oxygen atoms in total. The van der Waals surface area contributed by atoms with Gasteiger partial charge in [-0.25, -0.2) is 18.7 Å². The zero-order valence-electron chi connectivity index (χ0n) is 11.8. The lowest BCUT2D eigenvalue weighted by Gasteiger charge is -2.24. The van der Waals surface area contributed by atoms with Crippen molar-refractivity contribution in [2.24, 2.45) is 0 Å². The van der Waals surface area contributed by atoms with Gasteiger partial charge in [-0.05, 0) is 30.7 Å². The van der Waals surface area contributed by atoms with Crippen LogP contribution in [0.1, 0.15) is 23.9 Å². The van der Waals surface area contributed by atoms with Crippen LogP contribution in [-0.4, -0.2) is 32.6 Å². The molecule has 1 fully saturated rings. The van der Waals surface area contributed by atoms with E-state index in [2.05, 4.69) is 9.97 Å². The van der Waals surface area contributed by atoms with Crippen LogP contribution in [0.3, 0.4) is 0 Å². The lowest BCUT2D eigenvalue weighted by molar-refractivity contribution is 0.171. The summed E-state index contributed by atoms with van der Waals surface area (Å²) in [6.07, 6.45) is 1.28. The maximum atomic E-state index is 14.0. The molecule has 3 N–H and O–H groups in total. The van der Waals surface area contributed by atoms with Gasteiger partial charge >= 0.3 is 0 Å². The lowest BCUT2D eigenvalue weighted by atomic mass is 10.0. The van der Waals surface area contributed by atoms with Crippen LogP contribution in [0.5, 0.6) is 0 Å². The van der Waals surface area contributed by atoms with Gasteiger partial charge in [0.2, 0.25) is 0 Å². The first-order valence-electron chi connectivity index (χ1n) is 6.97. The van der Waals surface area contributed by atoms with Gasteiger partial charge in [-0.3, -0.25) is 4.90 Å². The molecule has 1 aromatic carbocycles. The SMILES string of the molecule is Nc1ccnc(CN2C[C@H](O)C[C@H]2c2cc(F)ccc2F)n1. The third kappa shape index (κ3) is 3.05. The molecule has 3 rings (SSSR count). The largest absolute Gasteiger partial charge is 0.392 e. The Morgan fingerprint density at radius 1 is 1.32 bits per heavy atom. The van der Waals surface area contributed by atoms with Gasteiger partial charge in [0, 0.05) is 24.3 Å². The number of nitrogen functional groups attached to an aromatic ring is 1. The minimum Gasteiger partial charge on any atom is -0.392 e. The second-order valence-corrected chi connectivity index (χ2v) is 5.40. The second kappa shape index (κ2) is 5.94. The number of nitrogens with zero attached hydrogens (tertiary/aromatic N) is 3. The number of aliphatic hydroxyl groups excluding tert-OH is 1. The van der Waals surface area contributed by atoms with E-state index < -0.39 is 23.8 Å². The molecule has 1 saturated heterocycles. The average molecular weight is 306 g/mol. The summed E-state index contributed by atoms with van der Waals surface area (Å²) in [5.41, 5.74) is 5.86. The summed E-state index contributed by atoms with van der Waals surface area (Å²) in [5, 5.41) is 9.90. The van der Waals surface area contributed by atoms with Crippen molar-refractivity contribution in [2.75, 3.05) is 12.3 Å². The summed E-state index contributed by atoms with van der Waals surface area (Å²) < 4.78 is 27.4. The molecule has 0 unspecified atom stereocenters. The fraction of sp³-hybridized carbons (Fsp3) is 0.333. The fourth-order valence-electron chi connectivity index (χ4n) is 2.82. The molecule has 0 spiro atoms. The van der Waals surface area contributed by atoms with Crippen molar-refractivity contribution in [2.45, 2.75) is 25.1 Å². The Morgan fingerprint density at radius 3 is 2.91 bits per heavy atom. The quantitative estimate of drug-likeness (QED) is 0.902. The molecular formula is C15H16F2N4O. The Bertz CT molecular complexity index is 682. The molecule has 0 saturated carbocycles. The van der Waals surface area contributed by atoms with Gasteiger partial charge in [-0.15, -0.1) is 0 Å². The summed E-state index contributed by atoms with van der Waals surface area (Å²) in [5.74, 6) is -0.161. The van der Waals surface area contributed by atoms with E-state index in [1.807, 2.05) is 4.90 Å². The first-order chi connectivity index (χ1) is 10.5. The number of halogens is 2. The van der Waals surface area contributed by atoms with Crippen LogP contribution in [-0.2, 0) is 6.54 Å². The highest BCUT2D eigenvalue weighted by molar-refractivity contribution is 5.26. The highest BCUT2D eigenvalue weighted by Crippen LogP contribution is 2.34. The molecule has 2 heterocycles. The van der Waals surface area contributed by atoms with Crippen LogP contribution in [0.2, 0.25) is 0 Å². The molecule has 0 radical (unpaired) electrons. The van der Waals surface area contributed by atoms with Crippen LogP contribution >= 0.6 is 0 Å². The number of hydrogen-bond acceptors (Lipinski definition) is 5. The van der Waals surface area contributed by atoms with Gasteiger partial charge < -0.3 is 10.8 Å². The summed E-state index contributed by atoms with van der Waals surface area (Å²) in [7, 11) is 0. The maximum absolute atomic E-state index is 14.0. The van der Waals surface area contributed by atoms with E-state index in [1.165, 1.54) is 6.07 Å². The van der Waals surface area contributed by atoms with Crippen molar-refractivity contribution in [1.29, 1.82) is 0 Å². The molecule has 1 aromatic heterocycles. The van der Waals surface area contributed by atoms with Crippen molar-refractivity contribution < 1.29 is 13.9 Å². The van der Waals surface area contributed by atoms with Crippen molar-refractivity contribution in [3.05, 3.63) is 53.5 Å². The van der Waals surface area contributed by atoms with Crippen molar-refractivity contribution in [1.82, 2.24) is 14.9 Å². The standard InChI is InChI=1S/C15H16F2N4O/c16-9-1-2-12(17)11(5-9)13-6-10(22)7-21(13)8-15-19-4-3-14(18)20-15/h1-5,10,13,22H,6-8H2,(H2,18,19,20)/t10-,13+/m1/s1. The molecule has 0 aliphatic carbocycles. The zero-order valence-corrected chi connectivity index (χ0v) is 11.8. The summed E-state index contributed by atoms with van der Waals surface area (Å²) in [6.45, 7) is 0.654. The van der Waals surface area contributed by atoms with E-state index in [4.69, 9.17) is 5.73 Å². The fourth-order valence-corrected chi connectivity index (χ4v) is 2.82. The molecule has 1 aliphatic heterocycles. The number of aromatic nitrogens is 2. The van der Waals surface area contributed by atoms with Crippen LogP contribution in [0, 0.1) is 11.6 Å². The molecule has 2 aromatic rings. The van der Waals surface area contributed by atoms with Gasteiger partial charge in [-0.1, -0.05) is 0 Å². The number of hydrogen-bond donors (Lipinski definition) is 2. The lowest BCUT2D eigenvalue weighted by Crippen LogP contribution is -2.26. The minimum absolute atomic E-state index is 0.237. The van der Waals surface area contributed by atoms with Crippen LogP contribution < -0.4 is 5.73 Å². The van der Waals surface area contributed by atoms with Crippen LogP contribution in [0.25, 0.3) is 0 Å². The first kappa shape index (κ1) is 14.8. The Labute approximate surface area is 126 Å². The first-order valence-corrected chi connectivity index (χ1v) is 6.97. The number of aliphatic hydroxyl groups is 1. The maximum Gasteiger partial charge on any atom is 0.144 e. The summed E-state index contributed by atoms with van der Waals surface area (Å²) in [6, 6.07) is 4.51. The highest BCUT2D eigenvalue weighted by atomic mass is 19.1. The molecule has 2 atom stereocenters. The van der Waals surface area contributed by atoms with E-state index >= 15 is 0 Å². The summed E-state index contributed by atoms with van der Waals surface area (Å²) in [4.78, 5) is 10.0. The number of β-amino-alcohol motifs (C(OH)–C–C–N with tert-alkyl or cyclic N) is 1.